The first-order valence-corrected chi connectivity index (χ1v) is 11.4. The van der Waals surface area contributed by atoms with Gasteiger partial charge in [0.25, 0.3) is 0 Å². The third-order valence-corrected chi connectivity index (χ3v) is 7.20. The van der Waals surface area contributed by atoms with Gasteiger partial charge in [0.2, 0.25) is 0 Å². The van der Waals surface area contributed by atoms with Gasteiger partial charge in [-0.2, -0.15) is 15.1 Å². The Morgan fingerprint density at radius 1 is 1.23 bits per heavy atom. The summed E-state index contributed by atoms with van der Waals surface area (Å²) in [7, 11) is 1.65. The maximum absolute atomic E-state index is 15.2. The number of nitrogens with zero attached hydrogens (tertiary/aromatic N) is 6. The molecular formula is C23H21F2N9O. The quantitative estimate of drug-likeness (QED) is 0.361. The molecule has 0 unspecified atom stereocenters. The molecule has 1 aromatic carbocycles. The molecule has 1 saturated heterocycles. The van der Waals surface area contributed by atoms with Gasteiger partial charge in [0.1, 0.15) is 11.5 Å². The number of nitrogens with one attached hydrogen (secondary N) is 2. The fourth-order valence-electron chi connectivity index (χ4n) is 5.41. The number of benzene rings is 1. The lowest BCUT2D eigenvalue weighted by Gasteiger charge is -2.36. The summed E-state index contributed by atoms with van der Waals surface area (Å²) in [6.07, 6.45) is 5.80. The Bertz CT molecular complexity index is 1630. The van der Waals surface area contributed by atoms with Gasteiger partial charge < -0.3 is 25.7 Å². The fraction of sp³-hybridized carbons (Fsp3) is 0.304. The molecule has 178 valence electrons. The summed E-state index contributed by atoms with van der Waals surface area (Å²) >= 11 is 0. The van der Waals surface area contributed by atoms with Gasteiger partial charge in [-0.25, -0.2) is 18.3 Å². The van der Waals surface area contributed by atoms with Gasteiger partial charge in [0, 0.05) is 38.3 Å². The number of H-pyrrole nitrogens is 1. The Labute approximate surface area is 197 Å². The van der Waals surface area contributed by atoms with Crippen LogP contribution in [0.1, 0.15) is 6.42 Å². The van der Waals surface area contributed by atoms with E-state index in [2.05, 4.69) is 35.3 Å². The Hall–Kier alpha value is -4.06. The topological polar surface area (TPSA) is 122 Å². The number of aromatic nitrogens is 6. The van der Waals surface area contributed by atoms with Gasteiger partial charge in [0.15, 0.2) is 23.0 Å². The Kier molecular flexibility index (Phi) is 4.19. The van der Waals surface area contributed by atoms with Crippen LogP contribution in [-0.4, -0.2) is 55.7 Å². The van der Waals surface area contributed by atoms with Crippen molar-refractivity contribution in [2.24, 2.45) is 17.6 Å². The number of rotatable bonds is 4. The van der Waals surface area contributed by atoms with Crippen LogP contribution in [-0.2, 0) is 0 Å². The number of halogens is 2. The zero-order valence-corrected chi connectivity index (χ0v) is 18.7. The SMILES string of the molecule is CNc1cc(F)c(F)c2c1[nH]c1nc(Oc3cnc4ccnn4c3)nc(N3C[C@H]4C[C@@H](N)[C@H]4C3)c12. The second-order valence-electron chi connectivity index (χ2n) is 9.15. The van der Waals surface area contributed by atoms with Crippen molar-refractivity contribution >= 4 is 39.1 Å². The third-order valence-electron chi connectivity index (χ3n) is 7.20. The number of hydrogen-bond acceptors (Lipinski definition) is 8. The number of nitrogens with two attached hydrogens (primary N) is 1. The highest BCUT2D eigenvalue weighted by Crippen LogP contribution is 2.45. The zero-order chi connectivity index (χ0) is 23.8. The van der Waals surface area contributed by atoms with E-state index in [0.717, 1.165) is 19.0 Å². The largest absolute Gasteiger partial charge is 0.421 e. The van der Waals surface area contributed by atoms with Gasteiger partial charge in [-0.3, -0.25) is 0 Å². The minimum atomic E-state index is -0.948. The minimum Gasteiger partial charge on any atom is -0.421 e. The van der Waals surface area contributed by atoms with Gasteiger partial charge in [-0.15, -0.1) is 0 Å². The van der Waals surface area contributed by atoms with Crippen LogP contribution >= 0.6 is 0 Å². The number of ether oxygens (including phenoxy) is 1. The molecule has 0 spiro atoms. The molecule has 0 amide bonds. The fourth-order valence-corrected chi connectivity index (χ4v) is 5.41. The van der Waals surface area contributed by atoms with Gasteiger partial charge in [-0.05, 0) is 18.3 Å². The summed E-state index contributed by atoms with van der Waals surface area (Å²) in [5.41, 5.74) is 8.06. The van der Waals surface area contributed by atoms with Crippen LogP contribution in [0.4, 0.5) is 20.3 Å². The summed E-state index contributed by atoms with van der Waals surface area (Å²) in [4.78, 5) is 18.7. The van der Waals surface area contributed by atoms with Crippen molar-refractivity contribution in [3.8, 4) is 11.8 Å². The van der Waals surface area contributed by atoms with Crippen molar-refractivity contribution in [2.45, 2.75) is 12.5 Å². The molecule has 2 aliphatic rings. The lowest BCUT2D eigenvalue weighted by molar-refractivity contribution is 0.194. The standard InChI is InChI=1S/C23H21F2N9O/c1-27-15-5-13(24)19(25)17-18-21(30-20(15)17)31-23(35-11-6-28-16-2-3-29-34(16)8-11)32-22(18)33-7-10-4-14(26)12(10)9-33/h2-3,5-6,8,10,12,14,27H,4,7,9,26H2,1H3,(H,30,31,32)/t10-,12+,14-/m1/s1. The normalized spacial score (nSPS) is 21.6. The number of anilines is 2. The van der Waals surface area contributed by atoms with E-state index in [0.29, 0.717) is 57.8 Å². The van der Waals surface area contributed by atoms with Crippen molar-refractivity contribution in [3.63, 3.8) is 0 Å². The second-order valence-corrected chi connectivity index (χ2v) is 9.15. The number of aromatic amines is 1. The van der Waals surface area contributed by atoms with E-state index in [9.17, 15) is 4.39 Å². The summed E-state index contributed by atoms with van der Waals surface area (Å²) in [5, 5.41) is 7.61. The summed E-state index contributed by atoms with van der Waals surface area (Å²) in [6, 6.07) is 3.09. The molecule has 35 heavy (non-hydrogen) atoms. The first-order valence-electron chi connectivity index (χ1n) is 11.4. The first kappa shape index (κ1) is 20.3. The summed E-state index contributed by atoms with van der Waals surface area (Å²) in [5.74, 6) is -0.232. The van der Waals surface area contributed by atoms with E-state index in [1.807, 2.05) is 0 Å². The van der Waals surface area contributed by atoms with Crippen LogP contribution in [0.25, 0.3) is 27.6 Å². The summed E-state index contributed by atoms with van der Waals surface area (Å²) in [6.45, 7) is 1.41. The monoisotopic (exact) mass is 477 g/mol. The number of hydrogen-bond donors (Lipinski definition) is 3. The van der Waals surface area contributed by atoms with Gasteiger partial charge in [-0.1, -0.05) is 0 Å². The molecule has 4 aromatic heterocycles. The average molecular weight is 477 g/mol. The van der Waals surface area contributed by atoms with Crippen LogP contribution in [0.15, 0.2) is 30.7 Å². The van der Waals surface area contributed by atoms with Crippen molar-refractivity contribution < 1.29 is 13.5 Å². The molecular weight excluding hydrogens is 456 g/mol. The summed E-state index contributed by atoms with van der Waals surface area (Å²) < 4.78 is 37.2. The van der Waals surface area contributed by atoms with Crippen LogP contribution in [0.3, 0.4) is 0 Å². The van der Waals surface area contributed by atoms with Crippen molar-refractivity contribution in [3.05, 3.63) is 42.4 Å². The molecule has 10 nitrogen and oxygen atoms in total. The van der Waals surface area contributed by atoms with Crippen LogP contribution in [0.5, 0.6) is 11.8 Å². The second kappa shape index (κ2) is 7.22. The molecule has 3 atom stereocenters. The maximum atomic E-state index is 15.2. The predicted octanol–water partition coefficient (Wildman–Crippen LogP) is 3.05. The maximum Gasteiger partial charge on any atom is 0.326 e. The van der Waals surface area contributed by atoms with Gasteiger partial charge in [0.05, 0.1) is 40.6 Å². The zero-order valence-electron chi connectivity index (χ0n) is 18.7. The molecule has 5 aromatic rings. The molecule has 1 aliphatic carbocycles. The molecule has 7 rings (SSSR count). The van der Waals surface area contributed by atoms with Crippen molar-refractivity contribution in [1.29, 1.82) is 0 Å². The highest BCUT2D eigenvalue weighted by Gasteiger charge is 2.46. The van der Waals surface area contributed by atoms with Crippen LogP contribution in [0, 0.1) is 23.5 Å². The first-order chi connectivity index (χ1) is 17.0. The smallest absolute Gasteiger partial charge is 0.326 e. The highest BCUT2D eigenvalue weighted by molar-refractivity contribution is 6.15. The highest BCUT2D eigenvalue weighted by atomic mass is 19.2. The van der Waals surface area contributed by atoms with E-state index < -0.39 is 11.6 Å². The lowest BCUT2D eigenvalue weighted by Crippen LogP contribution is -2.46. The molecule has 12 heteroatoms. The Morgan fingerprint density at radius 2 is 2.11 bits per heavy atom. The van der Waals surface area contributed by atoms with Crippen LogP contribution < -0.4 is 20.7 Å². The van der Waals surface area contributed by atoms with Crippen molar-refractivity contribution in [2.75, 3.05) is 30.4 Å². The van der Waals surface area contributed by atoms with E-state index in [4.69, 9.17) is 10.5 Å². The molecule has 1 saturated carbocycles. The molecule has 2 fully saturated rings. The minimum absolute atomic E-state index is 0.0581. The average Bonchev–Trinajstić information content (AvgIpc) is 3.55. The Morgan fingerprint density at radius 3 is 2.91 bits per heavy atom. The van der Waals surface area contributed by atoms with E-state index >= 15 is 4.39 Å². The molecule has 4 N–H and O–H groups in total. The molecule has 0 radical (unpaired) electrons. The van der Waals surface area contributed by atoms with E-state index in [1.54, 1.807) is 36.2 Å². The van der Waals surface area contributed by atoms with Crippen molar-refractivity contribution in [1.82, 2.24) is 29.5 Å². The third kappa shape index (κ3) is 2.95. The van der Waals surface area contributed by atoms with Gasteiger partial charge >= 0.3 is 6.01 Å². The molecule has 1 aliphatic heterocycles. The Balaban J connectivity index is 1.42. The van der Waals surface area contributed by atoms with Crippen LogP contribution in [0.2, 0.25) is 0 Å². The molecule has 0 bridgehead atoms. The predicted molar refractivity (Wildman–Crippen MR) is 126 cm³/mol. The molecule has 5 heterocycles. The van der Waals surface area contributed by atoms with E-state index in [1.165, 1.54) is 0 Å². The van der Waals surface area contributed by atoms with E-state index in [-0.39, 0.29) is 17.4 Å². The number of fused-ring (bicyclic) bond motifs is 5. The lowest BCUT2D eigenvalue weighted by atomic mass is 9.72.